The second kappa shape index (κ2) is 12.4. The van der Waals surface area contributed by atoms with Gasteiger partial charge in [0, 0.05) is 45.3 Å². The molecule has 0 atom stereocenters. The van der Waals surface area contributed by atoms with E-state index in [1.165, 1.54) is 10.8 Å². The van der Waals surface area contributed by atoms with Crippen molar-refractivity contribution >= 4 is 24.9 Å². The van der Waals surface area contributed by atoms with Crippen molar-refractivity contribution in [3.05, 3.63) is 53.4 Å². The number of nitrogens with zero attached hydrogens (tertiary/aromatic N) is 2. The molecule has 4 rings (SSSR count). The summed E-state index contributed by atoms with van der Waals surface area (Å²) in [6.45, 7) is 12.0. The molecule has 0 saturated carbocycles. The number of rotatable bonds is 13. The van der Waals surface area contributed by atoms with Gasteiger partial charge in [-0.3, -0.25) is 4.79 Å². The molecule has 0 bridgehead atoms. The van der Waals surface area contributed by atoms with Gasteiger partial charge in [-0.2, -0.15) is 13.2 Å². The van der Waals surface area contributed by atoms with Crippen LogP contribution in [0.5, 0.6) is 11.5 Å². The first-order valence-corrected chi connectivity index (χ1v) is 17.7. The second-order valence-electron chi connectivity index (χ2n) is 12.6. The van der Waals surface area contributed by atoms with Crippen molar-refractivity contribution in [2.75, 3.05) is 19.8 Å². The van der Waals surface area contributed by atoms with Crippen LogP contribution in [-0.2, 0) is 33.6 Å². The molecule has 0 amide bonds. The van der Waals surface area contributed by atoms with Gasteiger partial charge in [0.25, 0.3) is 0 Å². The first-order valence-electron chi connectivity index (χ1n) is 14.0. The molecule has 1 aromatic carbocycles. The van der Waals surface area contributed by atoms with Gasteiger partial charge in [0.05, 0.1) is 24.2 Å². The third-order valence-electron chi connectivity index (χ3n) is 7.83. The van der Waals surface area contributed by atoms with Crippen LogP contribution in [0.25, 0.3) is 11.0 Å². The molecule has 1 aliphatic rings. The molecule has 230 valence electrons. The van der Waals surface area contributed by atoms with Crippen molar-refractivity contribution in [1.82, 2.24) is 9.55 Å². The monoisotopic (exact) mass is 612 g/mol. The minimum atomic E-state index is -4.79. The Balaban J connectivity index is 1.54. The summed E-state index contributed by atoms with van der Waals surface area (Å²) in [5.74, 6) is -3.36. The fraction of sp³-hybridized carbons (Fsp3) is 0.533. The van der Waals surface area contributed by atoms with Crippen LogP contribution in [0, 0.1) is 23.0 Å². The number of benzene rings is 1. The molecule has 0 radical (unpaired) electrons. The smallest absolute Gasteiger partial charge is 0.418 e. The molecular weight excluding hydrogens is 575 g/mol. The van der Waals surface area contributed by atoms with E-state index in [-0.39, 0.29) is 42.0 Å². The van der Waals surface area contributed by atoms with E-state index < -0.39 is 48.3 Å². The van der Waals surface area contributed by atoms with Gasteiger partial charge in [-0.25, -0.2) is 13.8 Å². The first kappa shape index (κ1) is 32.1. The average molecular weight is 613 g/mol. The van der Waals surface area contributed by atoms with E-state index in [1.807, 2.05) is 0 Å². The Kier molecular flexibility index (Phi) is 9.49. The third kappa shape index (κ3) is 7.38. The molecule has 0 N–H and O–H groups in total. The van der Waals surface area contributed by atoms with Crippen molar-refractivity contribution in [1.29, 1.82) is 0 Å². The van der Waals surface area contributed by atoms with Gasteiger partial charge in [0.1, 0.15) is 23.9 Å². The Morgan fingerprint density at radius 2 is 1.83 bits per heavy atom. The van der Waals surface area contributed by atoms with Crippen LogP contribution < -0.4 is 4.74 Å². The molecule has 1 aliphatic heterocycles. The lowest BCUT2D eigenvalue weighted by Crippen LogP contribution is -2.46. The largest absolute Gasteiger partial charge is 0.450 e. The number of fused-ring (bicyclic) bond motifs is 1. The summed E-state index contributed by atoms with van der Waals surface area (Å²) in [4.78, 5) is 16.7. The summed E-state index contributed by atoms with van der Waals surface area (Å²) in [6.07, 6.45) is -2.03. The zero-order valence-corrected chi connectivity index (χ0v) is 25.5. The molecule has 0 aliphatic carbocycles. The number of hydrogen-bond acceptors (Lipinski definition) is 5. The van der Waals surface area contributed by atoms with Crippen LogP contribution in [0.3, 0.4) is 0 Å². The summed E-state index contributed by atoms with van der Waals surface area (Å²) in [5, 5.41) is -0.434. The maximum absolute atomic E-state index is 15.1. The van der Waals surface area contributed by atoms with Crippen LogP contribution in [0.15, 0.2) is 30.6 Å². The molecule has 1 fully saturated rings. The standard InChI is InChI=1S/C30H37F5N2O4Si/c1-19(2)29(16-40-17-29)8-6-21(38)12-20-13-23(31)27(24(32)14-20)41-25-7-9-36-28-26(25)22(30(33,34)35)15-37(28)18-39-10-11-42(3,4)5/h7,9,13-15,19H,6,8,10-12,16-18H2,1-5H3. The second-order valence-corrected chi connectivity index (χ2v) is 18.2. The van der Waals surface area contributed by atoms with Crippen molar-refractivity contribution in [2.24, 2.45) is 11.3 Å². The SMILES string of the molecule is CC(C)C1(CCC(=O)Cc2cc(F)c(Oc3ccnc4c3c(C(F)(F)F)cn4COCC[Si](C)(C)C)c(F)c2)COC1. The fourth-order valence-electron chi connectivity index (χ4n) is 4.88. The number of ether oxygens (including phenoxy) is 3. The zero-order chi connectivity index (χ0) is 30.9. The van der Waals surface area contributed by atoms with E-state index >= 15 is 8.78 Å². The Labute approximate surface area is 243 Å². The van der Waals surface area contributed by atoms with Gasteiger partial charge in [0.15, 0.2) is 17.4 Å². The van der Waals surface area contributed by atoms with E-state index in [0.717, 1.165) is 30.4 Å². The lowest BCUT2D eigenvalue weighted by Gasteiger charge is -2.45. The molecular formula is C30H37F5N2O4Si. The minimum Gasteiger partial charge on any atom is -0.450 e. The topological polar surface area (TPSA) is 62.6 Å². The van der Waals surface area contributed by atoms with Gasteiger partial charge in [-0.15, -0.1) is 0 Å². The van der Waals surface area contributed by atoms with Crippen LogP contribution in [0.2, 0.25) is 25.7 Å². The normalized spacial score (nSPS) is 15.3. The molecule has 12 heteroatoms. The predicted octanol–water partition coefficient (Wildman–Crippen LogP) is 8.00. The molecule has 0 unspecified atom stereocenters. The Morgan fingerprint density at radius 1 is 1.17 bits per heavy atom. The highest BCUT2D eigenvalue weighted by atomic mass is 28.3. The van der Waals surface area contributed by atoms with Crippen molar-refractivity contribution in [3.8, 4) is 11.5 Å². The molecule has 1 saturated heterocycles. The van der Waals surface area contributed by atoms with Crippen molar-refractivity contribution in [3.63, 3.8) is 0 Å². The Hall–Kier alpha value is -2.83. The Bertz CT molecular complexity index is 1400. The number of alkyl halides is 3. The number of aromatic nitrogens is 2. The first-order chi connectivity index (χ1) is 19.6. The highest BCUT2D eigenvalue weighted by molar-refractivity contribution is 6.76. The van der Waals surface area contributed by atoms with Gasteiger partial charge in [0.2, 0.25) is 0 Å². The fourth-order valence-corrected chi connectivity index (χ4v) is 5.64. The molecule has 6 nitrogen and oxygen atoms in total. The van der Waals surface area contributed by atoms with E-state index in [9.17, 15) is 18.0 Å². The third-order valence-corrected chi connectivity index (χ3v) is 9.53. The number of carbonyl (C=O) groups is 1. The van der Waals surface area contributed by atoms with Gasteiger partial charge >= 0.3 is 6.18 Å². The highest BCUT2D eigenvalue weighted by Crippen LogP contribution is 2.42. The number of hydrogen-bond donors (Lipinski definition) is 0. The summed E-state index contributed by atoms with van der Waals surface area (Å²) >= 11 is 0. The molecule has 0 spiro atoms. The van der Waals surface area contributed by atoms with E-state index in [2.05, 4.69) is 38.5 Å². The number of ketones is 1. The van der Waals surface area contributed by atoms with Gasteiger partial charge in [-0.05, 0) is 42.1 Å². The van der Waals surface area contributed by atoms with Gasteiger partial charge < -0.3 is 18.8 Å². The van der Waals surface area contributed by atoms with Crippen LogP contribution >= 0.6 is 0 Å². The lowest BCUT2D eigenvalue weighted by molar-refractivity contribution is -0.147. The highest BCUT2D eigenvalue weighted by Gasteiger charge is 2.41. The minimum absolute atomic E-state index is 0.0615. The summed E-state index contributed by atoms with van der Waals surface area (Å²) < 4.78 is 89.8. The number of halogens is 5. The molecule has 2 aromatic heterocycles. The summed E-state index contributed by atoms with van der Waals surface area (Å²) in [6, 6.07) is 3.90. The molecule has 3 aromatic rings. The van der Waals surface area contributed by atoms with Gasteiger partial charge in [-0.1, -0.05) is 33.5 Å². The molecule has 42 heavy (non-hydrogen) atoms. The van der Waals surface area contributed by atoms with E-state index in [0.29, 0.717) is 32.2 Å². The number of Topliss-reactive ketones (excluding diaryl/α,β-unsaturated/α-hetero) is 1. The number of carbonyl (C=O) groups excluding carboxylic acids is 1. The van der Waals surface area contributed by atoms with Crippen molar-refractivity contribution in [2.45, 2.75) is 71.7 Å². The van der Waals surface area contributed by atoms with E-state index in [4.69, 9.17) is 14.2 Å². The summed E-state index contributed by atoms with van der Waals surface area (Å²) in [7, 11) is -1.41. The van der Waals surface area contributed by atoms with Crippen LogP contribution in [0.1, 0.15) is 37.8 Å². The van der Waals surface area contributed by atoms with E-state index in [1.54, 1.807) is 0 Å². The Morgan fingerprint density at radius 3 is 2.38 bits per heavy atom. The lowest BCUT2D eigenvalue weighted by atomic mass is 9.71. The summed E-state index contributed by atoms with van der Waals surface area (Å²) in [5.41, 5.74) is -1.10. The predicted molar refractivity (Wildman–Crippen MR) is 151 cm³/mol. The van der Waals surface area contributed by atoms with Crippen LogP contribution in [-0.4, -0.2) is 43.2 Å². The van der Waals surface area contributed by atoms with Crippen LogP contribution in [0.4, 0.5) is 22.0 Å². The average Bonchev–Trinajstić information content (AvgIpc) is 3.23. The number of pyridine rings is 1. The zero-order valence-electron chi connectivity index (χ0n) is 24.5. The maximum atomic E-state index is 15.1. The quantitative estimate of drug-likeness (QED) is 0.111. The molecule has 3 heterocycles. The van der Waals surface area contributed by atoms with Crippen molar-refractivity contribution < 1.29 is 41.0 Å². The maximum Gasteiger partial charge on any atom is 0.418 e.